The van der Waals surface area contributed by atoms with Gasteiger partial charge in [-0.1, -0.05) is 57.0 Å². The molecule has 1 aromatic heterocycles. The number of carbonyl (C=O) groups is 2. The van der Waals surface area contributed by atoms with Gasteiger partial charge in [-0.25, -0.2) is 4.79 Å². The molecule has 1 aromatic carbocycles. The van der Waals surface area contributed by atoms with Crippen LogP contribution in [0.3, 0.4) is 0 Å². The molecule has 0 spiro atoms. The summed E-state index contributed by atoms with van der Waals surface area (Å²) in [5.74, 6) is 0.907. The van der Waals surface area contributed by atoms with Crippen LogP contribution in [-0.2, 0) is 16.1 Å². The van der Waals surface area contributed by atoms with Gasteiger partial charge in [0.05, 0.1) is 12.2 Å². The van der Waals surface area contributed by atoms with E-state index in [1.165, 1.54) is 12.8 Å². The van der Waals surface area contributed by atoms with Crippen LogP contribution in [0.5, 0.6) is 0 Å². The first-order chi connectivity index (χ1) is 14.4. The molecule has 5 nitrogen and oxygen atoms in total. The molecule has 3 atom stereocenters. The van der Waals surface area contributed by atoms with Gasteiger partial charge >= 0.3 is 5.97 Å². The van der Waals surface area contributed by atoms with Crippen molar-refractivity contribution in [3.63, 3.8) is 0 Å². The molecule has 3 rings (SSSR count). The quantitative estimate of drug-likeness (QED) is 0.656. The zero-order chi connectivity index (χ0) is 21.7. The Morgan fingerprint density at radius 3 is 2.60 bits per heavy atom. The van der Waals surface area contributed by atoms with Gasteiger partial charge in [-0.05, 0) is 43.7 Å². The molecule has 0 unspecified atom stereocenters. The van der Waals surface area contributed by atoms with Crippen molar-refractivity contribution < 1.29 is 14.3 Å². The van der Waals surface area contributed by atoms with E-state index in [1.807, 2.05) is 43.3 Å². The van der Waals surface area contributed by atoms with E-state index in [0.29, 0.717) is 37.0 Å². The molecule has 1 aliphatic carbocycles. The lowest BCUT2D eigenvalue weighted by atomic mass is 9.78. The van der Waals surface area contributed by atoms with Gasteiger partial charge in [-0.3, -0.25) is 4.79 Å². The van der Waals surface area contributed by atoms with Crippen LogP contribution in [0.25, 0.3) is 11.3 Å². The van der Waals surface area contributed by atoms with Crippen LogP contribution in [-0.4, -0.2) is 29.1 Å². The number of benzene rings is 1. The summed E-state index contributed by atoms with van der Waals surface area (Å²) in [5, 5.41) is 3.25. The Kier molecular flexibility index (Phi) is 7.35. The summed E-state index contributed by atoms with van der Waals surface area (Å²) in [5.41, 5.74) is 3.35. The van der Waals surface area contributed by atoms with Crippen LogP contribution < -0.4 is 5.32 Å². The maximum absolute atomic E-state index is 12.7. The smallest absolute Gasteiger partial charge is 0.339 e. The van der Waals surface area contributed by atoms with E-state index in [4.69, 9.17) is 4.74 Å². The van der Waals surface area contributed by atoms with Gasteiger partial charge in [-0.15, -0.1) is 0 Å². The Balaban J connectivity index is 1.77. The summed E-state index contributed by atoms with van der Waals surface area (Å²) in [4.78, 5) is 25.1. The first-order valence-corrected chi connectivity index (χ1v) is 11.1. The van der Waals surface area contributed by atoms with Gasteiger partial charge in [0.15, 0.2) is 0 Å². The zero-order valence-electron chi connectivity index (χ0n) is 18.6. The number of nitrogens with zero attached hydrogens (tertiary/aromatic N) is 1. The van der Waals surface area contributed by atoms with Gasteiger partial charge in [0.2, 0.25) is 5.91 Å². The molecular formula is C25H34N2O3. The van der Waals surface area contributed by atoms with Crippen molar-refractivity contribution in [2.45, 2.75) is 66.0 Å². The van der Waals surface area contributed by atoms with Crippen LogP contribution in [0.15, 0.2) is 36.4 Å². The van der Waals surface area contributed by atoms with Crippen LogP contribution >= 0.6 is 0 Å². The van der Waals surface area contributed by atoms with Crippen molar-refractivity contribution in [3.8, 4) is 11.3 Å². The number of amides is 1. The average Bonchev–Trinajstić information content (AvgIpc) is 3.07. The summed E-state index contributed by atoms with van der Waals surface area (Å²) in [6.45, 7) is 9.10. The lowest BCUT2D eigenvalue weighted by Crippen LogP contribution is -2.43. The standard InChI is InChI=1S/C25H34N2O3/c1-5-30-25(29)21-16-23(20-11-7-6-8-12-20)27(19(21)4)15-14-24(28)26-22-13-9-10-17(2)18(22)3/h6-8,11-12,16-18,22H,5,9-10,13-15H2,1-4H3,(H,26,28)/t17-,18+,22-/m1/s1. The molecule has 1 saturated carbocycles. The Labute approximate surface area is 179 Å². The minimum atomic E-state index is -0.319. The van der Waals surface area contributed by atoms with Crippen LogP contribution in [0.2, 0.25) is 0 Å². The van der Waals surface area contributed by atoms with Gasteiger partial charge in [0.1, 0.15) is 0 Å². The van der Waals surface area contributed by atoms with Crippen molar-refractivity contribution in [3.05, 3.63) is 47.7 Å². The van der Waals surface area contributed by atoms with Crippen LogP contribution in [0.1, 0.15) is 62.5 Å². The molecule has 0 saturated heterocycles. The molecular weight excluding hydrogens is 376 g/mol. The Hall–Kier alpha value is -2.56. The molecule has 2 aromatic rings. The second-order valence-corrected chi connectivity index (χ2v) is 8.46. The van der Waals surface area contributed by atoms with E-state index in [2.05, 4.69) is 23.7 Å². The fourth-order valence-corrected chi connectivity index (χ4v) is 4.47. The summed E-state index contributed by atoms with van der Waals surface area (Å²) >= 11 is 0. The highest BCUT2D eigenvalue weighted by Gasteiger charge is 2.28. The predicted octanol–water partition coefficient (Wildman–Crippen LogP) is 4.97. The maximum atomic E-state index is 12.7. The topological polar surface area (TPSA) is 60.3 Å². The largest absolute Gasteiger partial charge is 0.462 e. The van der Waals surface area contributed by atoms with Gasteiger partial charge < -0.3 is 14.6 Å². The van der Waals surface area contributed by atoms with Crippen molar-refractivity contribution in [2.75, 3.05) is 6.61 Å². The van der Waals surface area contributed by atoms with Gasteiger partial charge in [-0.2, -0.15) is 0 Å². The molecule has 5 heteroatoms. The molecule has 1 heterocycles. The lowest BCUT2D eigenvalue weighted by molar-refractivity contribution is -0.122. The van der Waals surface area contributed by atoms with E-state index in [9.17, 15) is 9.59 Å². The molecule has 0 radical (unpaired) electrons. The van der Waals surface area contributed by atoms with Crippen molar-refractivity contribution in [1.29, 1.82) is 0 Å². The van der Waals surface area contributed by atoms with Crippen LogP contribution in [0.4, 0.5) is 0 Å². The highest BCUT2D eigenvalue weighted by atomic mass is 16.5. The fraction of sp³-hybridized carbons (Fsp3) is 0.520. The third kappa shape index (κ3) is 4.94. The number of aromatic nitrogens is 1. The van der Waals surface area contributed by atoms with Crippen molar-refractivity contribution in [2.24, 2.45) is 11.8 Å². The Morgan fingerprint density at radius 1 is 1.17 bits per heavy atom. The minimum absolute atomic E-state index is 0.0748. The number of rotatable bonds is 7. The molecule has 1 aliphatic rings. The number of hydrogen-bond donors (Lipinski definition) is 1. The van der Waals surface area contributed by atoms with Gasteiger partial charge in [0.25, 0.3) is 0 Å². The van der Waals surface area contributed by atoms with E-state index in [-0.39, 0.29) is 17.9 Å². The minimum Gasteiger partial charge on any atom is -0.462 e. The third-order valence-corrected chi connectivity index (χ3v) is 6.55. The zero-order valence-corrected chi connectivity index (χ0v) is 18.6. The van der Waals surface area contributed by atoms with E-state index in [0.717, 1.165) is 23.4 Å². The number of esters is 1. The van der Waals surface area contributed by atoms with E-state index >= 15 is 0 Å². The molecule has 30 heavy (non-hydrogen) atoms. The summed E-state index contributed by atoms with van der Waals surface area (Å²) < 4.78 is 7.29. The summed E-state index contributed by atoms with van der Waals surface area (Å²) in [6, 6.07) is 12.1. The molecule has 0 bridgehead atoms. The molecule has 1 N–H and O–H groups in total. The van der Waals surface area contributed by atoms with E-state index < -0.39 is 0 Å². The maximum Gasteiger partial charge on any atom is 0.339 e. The first-order valence-electron chi connectivity index (χ1n) is 11.1. The lowest BCUT2D eigenvalue weighted by Gasteiger charge is -2.34. The number of carbonyl (C=O) groups excluding carboxylic acids is 2. The predicted molar refractivity (Wildman–Crippen MR) is 119 cm³/mol. The molecule has 1 amide bonds. The monoisotopic (exact) mass is 410 g/mol. The normalized spacial score (nSPS) is 21.3. The number of ether oxygens (including phenoxy) is 1. The van der Waals surface area contributed by atoms with Crippen molar-refractivity contribution >= 4 is 11.9 Å². The highest BCUT2D eigenvalue weighted by molar-refractivity contribution is 5.92. The summed E-state index contributed by atoms with van der Waals surface area (Å²) in [6.07, 6.45) is 3.86. The fourth-order valence-electron chi connectivity index (χ4n) is 4.47. The van der Waals surface area contributed by atoms with Crippen molar-refractivity contribution in [1.82, 2.24) is 9.88 Å². The Morgan fingerprint density at radius 2 is 1.90 bits per heavy atom. The van der Waals surface area contributed by atoms with Crippen LogP contribution in [0, 0.1) is 18.8 Å². The highest BCUT2D eigenvalue weighted by Crippen LogP contribution is 2.30. The van der Waals surface area contributed by atoms with Gasteiger partial charge in [0, 0.05) is 30.4 Å². The second-order valence-electron chi connectivity index (χ2n) is 8.46. The second kappa shape index (κ2) is 9.96. The average molecular weight is 411 g/mol. The van der Waals surface area contributed by atoms with E-state index in [1.54, 1.807) is 6.92 Å². The molecule has 0 aliphatic heterocycles. The Bertz CT molecular complexity index is 872. The number of hydrogen-bond acceptors (Lipinski definition) is 3. The third-order valence-electron chi connectivity index (χ3n) is 6.55. The molecule has 162 valence electrons. The SMILES string of the molecule is CCOC(=O)c1cc(-c2ccccc2)n(CCC(=O)N[C@@H]2CCC[C@@H](C)[C@@H]2C)c1C. The molecule has 1 fully saturated rings. The first kappa shape index (κ1) is 22.1. The summed E-state index contributed by atoms with van der Waals surface area (Å²) in [7, 11) is 0. The number of nitrogens with one attached hydrogen (secondary N) is 1.